The van der Waals surface area contributed by atoms with Crippen LogP contribution < -0.4 is 0 Å². The molecule has 0 aliphatic carbocycles. The Hall–Kier alpha value is -0.780. The zero-order valence-electron chi connectivity index (χ0n) is 11.0. The van der Waals surface area contributed by atoms with Gasteiger partial charge in [0.1, 0.15) is 0 Å². The lowest BCUT2D eigenvalue weighted by Crippen LogP contribution is -2.35. The molecule has 0 nitrogen and oxygen atoms in total. The average molecular weight is 204 g/mol. The molecule has 1 unspecified atom stereocenters. The van der Waals surface area contributed by atoms with Crippen LogP contribution in [0.4, 0.5) is 0 Å². The summed E-state index contributed by atoms with van der Waals surface area (Å²) in [6, 6.07) is 10.8. The minimum absolute atomic E-state index is 0.236. The first-order chi connectivity index (χ1) is 6.76. The van der Waals surface area contributed by atoms with Crippen molar-refractivity contribution < 1.29 is 0 Å². The Morgan fingerprint density at radius 2 is 1.33 bits per heavy atom. The first kappa shape index (κ1) is 12.3. The fraction of sp³-hybridized carbons (Fsp3) is 0.600. The van der Waals surface area contributed by atoms with Gasteiger partial charge in [-0.05, 0) is 22.3 Å². The minimum Gasteiger partial charge on any atom is -0.0622 e. The first-order valence-electron chi connectivity index (χ1n) is 5.82. The summed E-state index contributed by atoms with van der Waals surface area (Å²) < 4.78 is 0. The second-order valence-electron chi connectivity index (χ2n) is 6.18. The summed E-state index contributed by atoms with van der Waals surface area (Å²) in [7, 11) is 0. The SMILES string of the molecule is CC(C(C)(C)C)C(C)(C)c1ccccc1. The molecule has 1 aromatic rings. The van der Waals surface area contributed by atoms with Crippen molar-refractivity contribution in [1.29, 1.82) is 0 Å². The summed E-state index contributed by atoms with van der Waals surface area (Å²) in [4.78, 5) is 0. The Bertz CT molecular complexity index is 301. The standard InChI is InChI=1S/C15H24/c1-12(14(2,3)4)15(5,6)13-10-8-7-9-11-13/h7-12H,1-6H3. The van der Waals surface area contributed by atoms with E-state index >= 15 is 0 Å². The van der Waals surface area contributed by atoms with Gasteiger partial charge in [-0.25, -0.2) is 0 Å². The van der Waals surface area contributed by atoms with Crippen molar-refractivity contribution in [1.82, 2.24) is 0 Å². The molecule has 0 amide bonds. The van der Waals surface area contributed by atoms with Crippen molar-refractivity contribution in [2.45, 2.75) is 47.0 Å². The predicted molar refractivity (Wildman–Crippen MR) is 68.1 cm³/mol. The molecule has 0 saturated carbocycles. The Morgan fingerprint density at radius 3 is 1.73 bits per heavy atom. The zero-order chi connectivity index (χ0) is 11.7. The zero-order valence-corrected chi connectivity index (χ0v) is 11.0. The quantitative estimate of drug-likeness (QED) is 0.658. The van der Waals surface area contributed by atoms with Crippen molar-refractivity contribution in [2.75, 3.05) is 0 Å². The van der Waals surface area contributed by atoms with Gasteiger partial charge in [0.25, 0.3) is 0 Å². The topological polar surface area (TPSA) is 0 Å². The number of hydrogen-bond donors (Lipinski definition) is 0. The van der Waals surface area contributed by atoms with Crippen LogP contribution in [0.5, 0.6) is 0 Å². The van der Waals surface area contributed by atoms with Crippen LogP contribution in [-0.2, 0) is 5.41 Å². The number of hydrogen-bond acceptors (Lipinski definition) is 0. The maximum absolute atomic E-state index is 2.35. The van der Waals surface area contributed by atoms with E-state index < -0.39 is 0 Å². The Balaban J connectivity index is 3.03. The smallest absolute Gasteiger partial charge is 0.00730 e. The molecule has 0 heterocycles. The largest absolute Gasteiger partial charge is 0.0622 e. The second-order valence-corrected chi connectivity index (χ2v) is 6.18. The minimum atomic E-state index is 0.236. The van der Waals surface area contributed by atoms with E-state index in [2.05, 4.69) is 71.9 Å². The average Bonchev–Trinajstić information content (AvgIpc) is 2.16. The molecule has 0 aromatic heterocycles. The van der Waals surface area contributed by atoms with Crippen LogP contribution in [0, 0.1) is 11.3 Å². The fourth-order valence-corrected chi connectivity index (χ4v) is 2.20. The summed E-state index contributed by atoms with van der Waals surface area (Å²) in [5.41, 5.74) is 2.02. The summed E-state index contributed by atoms with van der Waals surface area (Å²) in [6.07, 6.45) is 0. The molecule has 0 saturated heterocycles. The van der Waals surface area contributed by atoms with Gasteiger partial charge in [0.05, 0.1) is 0 Å². The number of benzene rings is 1. The van der Waals surface area contributed by atoms with Gasteiger partial charge in [-0.3, -0.25) is 0 Å². The molecule has 0 heteroatoms. The summed E-state index contributed by atoms with van der Waals surface area (Å²) in [6.45, 7) is 14.0. The molecule has 0 N–H and O–H groups in total. The van der Waals surface area contributed by atoms with Crippen LogP contribution in [0.25, 0.3) is 0 Å². The molecule has 0 bridgehead atoms. The van der Waals surface area contributed by atoms with Crippen LogP contribution in [-0.4, -0.2) is 0 Å². The maximum Gasteiger partial charge on any atom is -0.00730 e. The maximum atomic E-state index is 2.35. The van der Waals surface area contributed by atoms with Crippen molar-refractivity contribution in [3.63, 3.8) is 0 Å². The lowest BCUT2D eigenvalue weighted by molar-refractivity contribution is 0.166. The van der Waals surface area contributed by atoms with E-state index in [1.807, 2.05) is 0 Å². The third-order valence-electron chi connectivity index (χ3n) is 3.90. The molecule has 84 valence electrons. The predicted octanol–water partition coefficient (Wildman–Crippen LogP) is 4.65. The lowest BCUT2D eigenvalue weighted by Gasteiger charge is -2.41. The van der Waals surface area contributed by atoms with Crippen LogP contribution in [0.1, 0.15) is 47.1 Å². The van der Waals surface area contributed by atoms with Gasteiger partial charge >= 0.3 is 0 Å². The van der Waals surface area contributed by atoms with Gasteiger partial charge in [0, 0.05) is 0 Å². The molecule has 1 rings (SSSR count). The van der Waals surface area contributed by atoms with E-state index in [1.165, 1.54) is 5.56 Å². The molecule has 15 heavy (non-hydrogen) atoms. The van der Waals surface area contributed by atoms with E-state index in [9.17, 15) is 0 Å². The molecular weight excluding hydrogens is 180 g/mol. The fourth-order valence-electron chi connectivity index (χ4n) is 2.20. The third-order valence-corrected chi connectivity index (χ3v) is 3.90. The monoisotopic (exact) mass is 204 g/mol. The number of rotatable bonds is 2. The van der Waals surface area contributed by atoms with Crippen LogP contribution in [0.3, 0.4) is 0 Å². The molecule has 0 aliphatic rings. The van der Waals surface area contributed by atoms with E-state index in [1.54, 1.807) is 0 Å². The Labute approximate surface area is 94.7 Å². The third kappa shape index (κ3) is 2.62. The van der Waals surface area contributed by atoms with Crippen LogP contribution >= 0.6 is 0 Å². The normalized spacial score (nSPS) is 15.1. The van der Waals surface area contributed by atoms with Crippen molar-refractivity contribution in [3.8, 4) is 0 Å². The highest BCUT2D eigenvalue weighted by Gasteiger charge is 2.35. The highest BCUT2D eigenvalue weighted by Crippen LogP contribution is 2.41. The molecule has 0 radical (unpaired) electrons. The van der Waals surface area contributed by atoms with E-state index in [0.29, 0.717) is 11.3 Å². The van der Waals surface area contributed by atoms with Crippen LogP contribution in [0.2, 0.25) is 0 Å². The molecule has 1 atom stereocenters. The molecule has 1 aromatic carbocycles. The summed E-state index contributed by atoms with van der Waals surface area (Å²) in [5.74, 6) is 0.646. The lowest BCUT2D eigenvalue weighted by atomic mass is 9.64. The van der Waals surface area contributed by atoms with E-state index in [0.717, 1.165) is 0 Å². The van der Waals surface area contributed by atoms with Gasteiger partial charge in [-0.15, -0.1) is 0 Å². The Morgan fingerprint density at radius 1 is 0.867 bits per heavy atom. The van der Waals surface area contributed by atoms with Crippen molar-refractivity contribution in [2.24, 2.45) is 11.3 Å². The molecule has 0 aliphatic heterocycles. The van der Waals surface area contributed by atoms with Gasteiger partial charge in [0.15, 0.2) is 0 Å². The molecule has 0 spiro atoms. The Kier molecular flexibility index (Phi) is 3.28. The van der Waals surface area contributed by atoms with E-state index in [4.69, 9.17) is 0 Å². The second kappa shape index (κ2) is 4.00. The van der Waals surface area contributed by atoms with Crippen LogP contribution in [0.15, 0.2) is 30.3 Å². The highest BCUT2D eigenvalue weighted by molar-refractivity contribution is 5.24. The van der Waals surface area contributed by atoms with Gasteiger partial charge in [-0.2, -0.15) is 0 Å². The molecular formula is C15H24. The highest BCUT2D eigenvalue weighted by atomic mass is 14.4. The van der Waals surface area contributed by atoms with Gasteiger partial charge in [0.2, 0.25) is 0 Å². The summed E-state index contributed by atoms with van der Waals surface area (Å²) in [5, 5.41) is 0. The molecule has 0 fully saturated rings. The van der Waals surface area contributed by atoms with Gasteiger partial charge < -0.3 is 0 Å². The van der Waals surface area contributed by atoms with Crippen molar-refractivity contribution in [3.05, 3.63) is 35.9 Å². The summed E-state index contributed by atoms with van der Waals surface area (Å²) >= 11 is 0. The van der Waals surface area contributed by atoms with Crippen molar-refractivity contribution >= 4 is 0 Å². The first-order valence-corrected chi connectivity index (χ1v) is 5.82. The van der Waals surface area contributed by atoms with Gasteiger partial charge in [-0.1, -0.05) is 71.9 Å². The van der Waals surface area contributed by atoms with E-state index in [-0.39, 0.29) is 5.41 Å².